The molecule has 0 spiro atoms. The molecule has 0 aromatic heterocycles. The van der Waals surface area contributed by atoms with E-state index in [1.165, 1.54) is 20.0 Å². The summed E-state index contributed by atoms with van der Waals surface area (Å²) >= 11 is 0. The quantitative estimate of drug-likeness (QED) is 0.225. The molecule has 0 aromatic rings. The molecule has 0 aromatic carbocycles. The number of nitrogens with one attached hydrogen (secondary N) is 2. The van der Waals surface area contributed by atoms with E-state index < -0.39 is 23.9 Å². The first-order chi connectivity index (χ1) is 12.1. The molecule has 28 heavy (non-hydrogen) atoms. The van der Waals surface area contributed by atoms with Crippen molar-refractivity contribution in [3.63, 3.8) is 0 Å². The summed E-state index contributed by atoms with van der Waals surface area (Å²) in [6, 6.07) is -0.160. The number of hydrogen-bond donors (Lipinski definition) is 3. The zero-order valence-electron chi connectivity index (χ0n) is 15.4. The van der Waals surface area contributed by atoms with E-state index >= 15 is 0 Å². The van der Waals surface area contributed by atoms with Crippen LogP contribution in [-0.4, -0.2) is 77.1 Å². The molecule has 168 valence electrons. The van der Waals surface area contributed by atoms with Gasteiger partial charge in [0.05, 0.1) is 19.4 Å². The van der Waals surface area contributed by atoms with Crippen LogP contribution in [0.15, 0.2) is 0 Å². The van der Waals surface area contributed by atoms with Gasteiger partial charge in [-0.25, -0.2) is 9.59 Å². The maximum Gasteiger partial charge on any atom is 2.00 e. The molecule has 0 amide bonds. The van der Waals surface area contributed by atoms with Crippen molar-refractivity contribution in [1.29, 1.82) is 0 Å². The summed E-state index contributed by atoms with van der Waals surface area (Å²) in [6.07, 6.45) is 3.97. The van der Waals surface area contributed by atoms with Crippen molar-refractivity contribution < 1.29 is 70.5 Å². The van der Waals surface area contributed by atoms with Crippen LogP contribution in [0, 0.1) is 0 Å². The minimum absolute atomic E-state index is 0. The van der Waals surface area contributed by atoms with Crippen LogP contribution in [0.3, 0.4) is 0 Å². The van der Waals surface area contributed by atoms with E-state index in [-0.39, 0.29) is 58.1 Å². The fraction of sp³-hybridized carbons (Fsp3) is 0.733. The smallest absolute Gasteiger partial charge is 0.676 e. The zero-order chi connectivity index (χ0) is 20.5. The van der Waals surface area contributed by atoms with Crippen molar-refractivity contribution >= 4 is 23.9 Å². The minimum Gasteiger partial charge on any atom is -0.676 e. The molecule has 1 aliphatic rings. The van der Waals surface area contributed by atoms with Crippen molar-refractivity contribution in [2.75, 3.05) is 20.3 Å². The molecule has 2 unspecified atom stereocenters. The number of esters is 1. The maximum atomic E-state index is 10.7. The van der Waals surface area contributed by atoms with E-state index in [0.717, 1.165) is 12.8 Å². The first-order valence-corrected chi connectivity index (χ1v) is 7.86. The van der Waals surface area contributed by atoms with Gasteiger partial charge < -0.3 is 41.7 Å². The second-order valence-corrected chi connectivity index (χ2v) is 5.21. The Morgan fingerprint density at radius 3 is 1.61 bits per heavy atom. The SMILES string of the molecule is COCCOC(=O)CCC(=O)O.O.O=C(O)C(=O)O.[NH-]C1CCCCC1[NH-].[Pt+2]. The average Bonchev–Trinajstić information content (AvgIpc) is 2.57. The summed E-state index contributed by atoms with van der Waals surface area (Å²) in [5, 5.41) is 23.0. The van der Waals surface area contributed by atoms with Gasteiger partial charge in [0.1, 0.15) is 6.61 Å². The van der Waals surface area contributed by atoms with Crippen LogP contribution < -0.4 is 0 Å². The molecular formula is C15H28N2O10Pt. The molecular weight excluding hydrogens is 563 g/mol. The van der Waals surface area contributed by atoms with E-state index in [9.17, 15) is 9.59 Å². The largest absolute Gasteiger partial charge is 2.00 e. The molecule has 0 bridgehead atoms. The van der Waals surface area contributed by atoms with Gasteiger partial charge in [0.2, 0.25) is 0 Å². The Hall–Kier alpha value is -1.59. The van der Waals surface area contributed by atoms with Gasteiger partial charge in [0, 0.05) is 7.11 Å². The number of carbonyl (C=O) groups excluding carboxylic acids is 1. The molecule has 13 heteroatoms. The molecule has 0 aliphatic heterocycles. The van der Waals surface area contributed by atoms with Crippen LogP contribution in [-0.2, 0) is 49.7 Å². The monoisotopic (exact) mass is 591 g/mol. The third-order valence-corrected chi connectivity index (χ3v) is 3.04. The van der Waals surface area contributed by atoms with E-state index in [4.69, 9.17) is 36.4 Å². The van der Waals surface area contributed by atoms with Gasteiger partial charge in [-0.3, -0.25) is 9.59 Å². The molecule has 2 atom stereocenters. The zero-order valence-corrected chi connectivity index (χ0v) is 17.7. The summed E-state index contributed by atoms with van der Waals surface area (Å²) in [5.41, 5.74) is 14.6. The van der Waals surface area contributed by atoms with E-state index in [2.05, 4.69) is 9.47 Å². The minimum atomic E-state index is -1.82. The number of aliphatic carboxylic acids is 3. The number of rotatable bonds is 6. The van der Waals surface area contributed by atoms with Crippen molar-refractivity contribution in [3.8, 4) is 0 Å². The molecule has 0 heterocycles. The molecule has 0 saturated heterocycles. The van der Waals surface area contributed by atoms with Crippen LogP contribution in [0.25, 0.3) is 11.5 Å². The van der Waals surface area contributed by atoms with Gasteiger partial charge in [-0.15, -0.1) is 0 Å². The Morgan fingerprint density at radius 2 is 1.32 bits per heavy atom. The predicted molar refractivity (Wildman–Crippen MR) is 93.3 cm³/mol. The number of methoxy groups -OCH3 is 1. The van der Waals surface area contributed by atoms with Crippen LogP contribution in [0.5, 0.6) is 0 Å². The summed E-state index contributed by atoms with van der Waals surface area (Å²) in [5.74, 6) is -5.15. The van der Waals surface area contributed by atoms with Crippen molar-refractivity contribution in [1.82, 2.24) is 0 Å². The summed E-state index contributed by atoms with van der Waals surface area (Å²) in [7, 11) is 1.49. The van der Waals surface area contributed by atoms with Gasteiger partial charge in [-0.2, -0.15) is 12.1 Å². The summed E-state index contributed by atoms with van der Waals surface area (Å²) in [4.78, 5) is 38.9. The number of carboxylic acid groups (broad SMARTS) is 3. The molecule has 1 fully saturated rings. The second-order valence-electron chi connectivity index (χ2n) is 5.21. The van der Waals surface area contributed by atoms with Crippen LogP contribution in [0.2, 0.25) is 0 Å². The molecule has 12 nitrogen and oxygen atoms in total. The molecule has 1 aliphatic carbocycles. The van der Waals surface area contributed by atoms with Crippen molar-refractivity contribution in [3.05, 3.63) is 11.5 Å². The maximum absolute atomic E-state index is 10.7. The third kappa shape index (κ3) is 24.4. The molecule has 0 radical (unpaired) electrons. The number of carboxylic acids is 3. The Bertz CT molecular complexity index is 429. The Morgan fingerprint density at radius 1 is 0.893 bits per heavy atom. The van der Waals surface area contributed by atoms with E-state index in [0.29, 0.717) is 6.61 Å². The van der Waals surface area contributed by atoms with Crippen molar-refractivity contribution in [2.24, 2.45) is 0 Å². The van der Waals surface area contributed by atoms with E-state index in [1.54, 1.807) is 0 Å². The molecule has 1 saturated carbocycles. The first-order valence-electron chi connectivity index (χ1n) is 7.86. The molecule has 1 rings (SSSR count). The topological polar surface area (TPSA) is 227 Å². The predicted octanol–water partition coefficient (Wildman–Crippen LogP) is 0.771. The fourth-order valence-corrected chi connectivity index (χ4v) is 1.65. The van der Waals surface area contributed by atoms with Gasteiger partial charge in [0.15, 0.2) is 0 Å². The molecule has 7 N–H and O–H groups in total. The standard InChI is InChI=1S/C7H12O5.C6H12N2.C2H2O4.H2O.Pt/c1-11-4-5-12-7(10)3-2-6(8)9;7-5-3-1-2-4-6(5)8;3-1(4)2(5)6;;/h2-5H2,1H3,(H,8,9);5-8H,1-4H2;(H,3,4)(H,5,6);1H2;/q;-2;;;+2. The Labute approximate surface area is 177 Å². The van der Waals surface area contributed by atoms with Crippen LogP contribution in [0.4, 0.5) is 0 Å². The summed E-state index contributed by atoms with van der Waals surface area (Å²) in [6.45, 7) is 0.508. The van der Waals surface area contributed by atoms with E-state index in [1.807, 2.05) is 0 Å². The van der Waals surface area contributed by atoms with Gasteiger partial charge in [-0.1, -0.05) is 25.7 Å². The fourth-order valence-electron chi connectivity index (χ4n) is 1.65. The first kappa shape index (κ1) is 34.0. The Balaban J connectivity index is -0.000000158. The van der Waals surface area contributed by atoms with Crippen LogP contribution >= 0.6 is 0 Å². The number of hydrogen-bond acceptors (Lipinski definition) is 6. The van der Waals surface area contributed by atoms with Crippen LogP contribution in [0.1, 0.15) is 38.5 Å². The van der Waals surface area contributed by atoms with Crippen molar-refractivity contribution in [2.45, 2.75) is 50.6 Å². The van der Waals surface area contributed by atoms with Gasteiger partial charge >= 0.3 is 44.9 Å². The van der Waals surface area contributed by atoms with Gasteiger partial charge in [-0.05, 0) is 0 Å². The average molecular weight is 591 g/mol. The number of carbonyl (C=O) groups is 4. The Kier molecular flexibility index (Phi) is 26.3. The second kappa shape index (κ2) is 21.7. The van der Waals surface area contributed by atoms with Gasteiger partial charge in [0.25, 0.3) is 0 Å². The summed E-state index contributed by atoms with van der Waals surface area (Å²) < 4.78 is 9.23. The third-order valence-electron chi connectivity index (χ3n) is 3.04. The number of ether oxygens (including phenoxy) is 2. The normalized spacial score (nSPS) is 17.0.